The number of aromatic hydroxyl groups is 1. The molecule has 0 bridgehead atoms. The van der Waals surface area contributed by atoms with Gasteiger partial charge in [0.15, 0.2) is 0 Å². The van der Waals surface area contributed by atoms with Crippen molar-refractivity contribution in [2.75, 3.05) is 23.2 Å². The minimum absolute atomic E-state index is 0.0387. The van der Waals surface area contributed by atoms with Crippen molar-refractivity contribution in [1.29, 1.82) is 0 Å². The van der Waals surface area contributed by atoms with Crippen molar-refractivity contribution in [3.63, 3.8) is 0 Å². The summed E-state index contributed by atoms with van der Waals surface area (Å²) in [5.41, 5.74) is 3.15. The summed E-state index contributed by atoms with van der Waals surface area (Å²) in [5.74, 6) is 0.404. The zero-order valence-corrected chi connectivity index (χ0v) is 24.3. The molecule has 40 heavy (non-hydrogen) atoms. The molecule has 3 aromatic rings. The van der Waals surface area contributed by atoms with Gasteiger partial charge < -0.3 is 14.4 Å². The van der Waals surface area contributed by atoms with Crippen LogP contribution in [0.25, 0.3) is 6.08 Å². The molecule has 0 radical (unpaired) electrons. The maximum atomic E-state index is 13.6. The SMILES string of the molecule is CC(C)CC(c1cccc(NS(=O)(=O)c2cccc3c2N(C)CC=C3)c1)c1c(O)c2c(oc1=O)CCCCCC2. The first-order valence-corrected chi connectivity index (χ1v) is 15.6. The van der Waals surface area contributed by atoms with Crippen LogP contribution in [0, 0.1) is 5.92 Å². The van der Waals surface area contributed by atoms with Crippen molar-refractivity contribution in [2.24, 2.45) is 5.92 Å². The fourth-order valence-corrected chi connectivity index (χ4v) is 7.31. The number of aryl methyl sites for hydroxylation is 1. The zero-order chi connectivity index (χ0) is 28.4. The number of hydrogen-bond donors (Lipinski definition) is 2. The average Bonchev–Trinajstić information content (AvgIpc) is 2.89. The Labute approximate surface area is 236 Å². The van der Waals surface area contributed by atoms with E-state index >= 15 is 0 Å². The summed E-state index contributed by atoms with van der Waals surface area (Å²) < 4.78 is 35.8. The van der Waals surface area contributed by atoms with Crippen LogP contribution >= 0.6 is 0 Å². The predicted molar refractivity (Wildman–Crippen MR) is 160 cm³/mol. The Morgan fingerprint density at radius 1 is 1.05 bits per heavy atom. The number of likely N-dealkylation sites (N-methyl/N-ethyl adjacent to an activating group) is 1. The number of nitrogens with one attached hydrogen (secondary N) is 1. The van der Waals surface area contributed by atoms with E-state index in [0.717, 1.165) is 42.4 Å². The summed E-state index contributed by atoms with van der Waals surface area (Å²) in [6.45, 7) is 4.75. The number of nitrogens with zero attached hydrogens (tertiary/aromatic N) is 1. The number of fused-ring (bicyclic) bond motifs is 2. The first kappa shape index (κ1) is 28.0. The quantitative estimate of drug-likeness (QED) is 0.344. The highest BCUT2D eigenvalue weighted by molar-refractivity contribution is 7.92. The van der Waals surface area contributed by atoms with Gasteiger partial charge in [0, 0.05) is 37.2 Å². The predicted octanol–water partition coefficient (Wildman–Crippen LogP) is 6.45. The first-order chi connectivity index (χ1) is 19.2. The topological polar surface area (TPSA) is 99.8 Å². The number of rotatable bonds is 7. The van der Waals surface area contributed by atoms with Crippen molar-refractivity contribution in [1.82, 2.24) is 0 Å². The molecular weight excluding hydrogens is 524 g/mol. The molecule has 0 amide bonds. The minimum atomic E-state index is -3.91. The van der Waals surface area contributed by atoms with E-state index in [1.54, 1.807) is 30.3 Å². The Hall–Kier alpha value is -3.52. The molecule has 2 N–H and O–H groups in total. The molecule has 0 spiro atoms. The molecule has 0 saturated carbocycles. The third-order valence-corrected chi connectivity index (χ3v) is 9.28. The summed E-state index contributed by atoms with van der Waals surface area (Å²) >= 11 is 0. The molecule has 1 aliphatic carbocycles. The molecule has 7 nitrogen and oxygen atoms in total. The fraction of sp³-hybridized carbons (Fsp3) is 0.406. The van der Waals surface area contributed by atoms with E-state index in [1.165, 1.54) is 0 Å². The van der Waals surface area contributed by atoms with Gasteiger partial charge >= 0.3 is 5.63 Å². The molecule has 0 fully saturated rings. The molecule has 1 unspecified atom stereocenters. The molecule has 5 rings (SSSR count). The van der Waals surface area contributed by atoms with Crippen LogP contribution in [-0.2, 0) is 22.9 Å². The maximum Gasteiger partial charge on any atom is 0.343 e. The van der Waals surface area contributed by atoms with E-state index < -0.39 is 21.6 Å². The van der Waals surface area contributed by atoms with Gasteiger partial charge in [0.05, 0.1) is 11.3 Å². The van der Waals surface area contributed by atoms with Gasteiger partial charge in [-0.2, -0.15) is 0 Å². The van der Waals surface area contributed by atoms with Gasteiger partial charge in [-0.3, -0.25) is 4.72 Å². The van der Waals surface area contributed by atoms with E-state index in [-0.39, 0.29) is 22.1 Å². The second kappa shape index (κ2) is 11.5. The molecule has 2 aliphatic rings. The Kier molecular flexibility index (Phi) is 8.08. The molecule has 212 valence electrons. The lowest BCUT2D eigenvalue weighted by molar-refractivity contribution is 0.379. The monoisotopic (exact) mass is 562 g/mol. The number of para-hydroxylation sites is 1. The average molecular weight is 563 g/mol. The van der Waals surface area contributed by atoms with Crippen LogP contribution in [0.1, 0.15) is 79.9 Å². The third kappa shape index (κ3) is 5.68. The molecule has 1 aliphatic heterocycles. The van der Waals surface area contributed by atoms with E-state index in [1.807, 2.05) is 36.2 Å². The smallest absolute Gasteiger partial charge is 0.343 e. The Morgan fingerprint density at radius 3 is 2.58 bits per heavy atom. The molecular formula is C32H38N2O5S. The Bertz CT molecular complexity index is 1590. The van der Waals surface area contributed by atoms with Crippen LogP contribution in [0.4, 0.5) is 11.4 Å². The lowest BCUT2D eigenvalue weighted by Gasteiger charge is -2.26. The Morgan fingerprint density at radius 2 is 1.80 bits per heavy atom. The van der Waals surface area contributed by atoms with Crippen LogP contribution < -0.4 is 15.2 Å². The second-order valence-corrected chi connectivity index (χ2v) is 13.0. The molecule has 1 aromatic heterocycles. The molecule has 2 aromatic carbocycles. The van der Waals surface area contributed by atoms with Gasteiger partial charge in [-0.25, -0.2) is 13.2 Å². The van der Waals surface area contributed by atoms with Gasteiger partial charge in [0.2, 0.25) is 0 Å². The second-order valence-electron chi connectivity index (χ2n) is 11.4. The maximum absolute atomic E-state index is 13.6. The standard InChI is InChI=1S/C32H38N2O5S/c1-21(2)19-26(29-31(35)25-15-6-4-5-7-16-27(25)39-32(29)36)23-12-8-14-24(20-23)33-40(37,38)28-17-9-11-22-13-10-18-34(3)30(22)28/h8-14,17,20-21,26,33,35H,4-7,15-16,18-19H2,1-3H3. The number of hydrogen-bond acceptors (Lipinski definition) is 6. The molecule has 1 atom stereocenters. The van der Waals surface area contributed by atoms with Crippen LogP contribution in [0.15, 0.2) is 62.6 Å². The van der Waals surface area contributed by atoms with E-state index in [0.29, 0.717) is 42.9 Å². The van der Waals surface area contributed by atoms with Crippen LogP contribution in [0.5, 0.6) is 5.75 Å². The van der Waals surface area contributed by atoms with E-state index in [2.05, 4.69) is 18.6 Å². The summed E-state index contributed by atoms with van der Waals surface area (Å²) in [4.78, 5) is 15.5. The zero-order valence-electron chi connectivity index (χ0n) is 23.4. The van der Waals surface area contributed by atoms with Crippen LogP contribution in [-0.4, -0.2) is 27.1 Å². The highest BCUT2D eigenvalue weighted by Gasteiger charge is 2.29. The van der Waals surface area contributed by atoms with Crippen molar-refractivity contribution in [3.05, 3.63) is 87.0 Å². The van der Waals surface area contributed by atoms with Gasteiger partial charge in [0.1, 0.15) is 16.4 Å². The van der Waals surface area contributed by atoms with Crippen molar-refractivity contribution in [2.45, 2.75) is 69.6 Å². The lowest BCUT2D eigenvalue weighted by atomic mass is 9.83. The van der Waals surface area contributed by atoms with E-state index in [4.69, 9.17) is 4.42 Å². The van der Waals surface area contributed by atoms with Crippen molar-refractivity contribution < 1.29 is 17.9 Å². The summed E-state index contributed by atoms with van der Waals surface area (Å²) in [5, 5.41) is 11.4. The van der Waals surface area contributed by atoms with Crippen LogP contribution in [0.3, 0.4) is 0 Å². The van der Waals surface area contributed by atoms with Crippen molar-refractivity contribution >= 4 is 27.5 Å². The highest BCUT2D eigenvalue weighted by atomic mass is 32.2. The minimum Gasteiger partial charge on any atom is -0.507 e. The molecule has 2 heterocycles. The summed E-state index contributed by atoms with van der Waals surface area (Å²) in [6.07, 6.45) is 9.90. The molecule has 0 saturated heterocycles. The normalized spacial score (nSPS) is 16.1. The van der Waals surface area contributed by atoms with Crippen LogP contribution in [0.2, 0.25) is 0 Å². The summed E-state index contributed by atoms with van der Waals surface area (Å²) in [7, 11) is -2.04. The van der Waals surface area contributed by atoms with Crippen molar-refractivity contribution in [3.8, 4) is 5.75 Å². The van der Waals surface area contributed by atoms with Gasteiger partial charge in [-0.05, 0) is 60.9 Å². The van der Waals surface area contributed by atoms with E-state index in [9.17, 15) is 18.3 Å². The largest absolute Gasteiger partial charge is 0.507 e. The Balaban J connectivity index is 1.54. The van der Waals surface area contributed by atoms with Gasteiger partial charge in [0.25, 0.3) is 10.0 Å². The number of benzene rings is 2. The fourth-order valence-electron chi connectivity index (χ4n) is 5.98. The highest BCUT2D eigenvalue weighted by Crippen LogP contribution is 2.39. The lowest BCUT2D eigenvalue weighted by Crippen LogP contribution is -2.25. The number of sulfonamides is 1. The first-order valence-electron chi connectivity index (χ1n) is 14.2. The third-order valence-electron chi connectivity index (χ3n) is 7.87. The van der Waals surface area contributed by atoms with Gasteiger partial charge in [-0.1, -0.05) is 63.1 Å². The molecule has 8 heteroatoms. The van der Waals surface area contributed by atoms with Gasteiger partial charge in [-0.15, -0.1) is 0 Å². The number of anilines is 2. The summed E-state index contributed by atoms with van der Waals surface area (Å²) in [6, 6.07) is 12.4.